The molecule has 1 rings (SSSR count). The largest absolute Gasteiger partial charge is 0.321 e. The van der Waals surface area contributed by atoms with E-state index in [-0.39, 0.29) is 11.8 Å². The highest BCUT2D eigenvalue weighted by Crippen LogP contribution is 2.11. The second kappa shape index (κ2) is 4.91. The average molecular weight is 191 g/mol. The minimum Gasteiger partial charge on any atom is -0.321 e. The van der Waals surface area contributed by atoms with Gasteiger partial charge in [0.2, 0.25) is 0 Å². The number of aryl methyl sites for hydroxylation is 1. The Balaban J connectivity index is 2.80. The van der Waals surface area contributed by atoms with Crippen LogP contribution in [0, 0.1) is 0 Å². The molecule has 0 saturated heterocycles. The van der Waals surface area contributed by atoms with Gasteiger partial charge in [-0.15, -0.1) is 0 Å². The van der Waals surface area contributed by atoms with Gasteiger partial charge in [0, 0.05) is 0 Å². The molecule has 1 unspecified atom stereocenters. The summed E-state index contributed by atoms with van der Waals surface area (Å²) >= 11 is 0. The molecule has 2 heteroatoms. The van der Waals surface area contributed by atoms with Gasteiger partial charge >= 0.3 is 0 Å². The normalized spacial score (nSPS) is 12.5. The van der Waals surface area contributed by atoms with Crippen LogP contribution in [0.3, 0.4) is 0 Å². The van der Waals surface area contributed by atoms with Crippen molar-refractivity contribution in [1.82, 2.24) is 0 Å². The lowest BCUT2D eigenvalue weighted by Gasteiger charge is -2.11. The van der Waals surface area contributed by atoms with Crippen LogP contribution in [-0.4, -0.2) is 11.8 Å². The summed E-state index contributed by atoms with van der Waals surface area (Å²) in [7, 11) is 0. The molecule has 0 aliphatic heterocycles. The van der Waals surface area contributed by atoms with Gasteiger partial charge in [-0.2, -0.15) is 0 Å². The fraction of sp³-hybridized carbons (Fsp3) is 0.417. The van der Waals surface area contributed by atoms with Crippen LogP contribution in [0.4, 0.5) is 0 Å². The summed E-state index contributed by atoms with van der Waals surface area (Å²) in [6, 6.07) is 7.77. The van der Waals surface area contributed by atoms with Crippen LogP contribution in [0.1, 0.15) is 25.0 Å². The molecule has 14 heavy (non-hydrogen) atoms. The van der Waals surface area contributed by atoms with Crippen LogP contribution in [0.15, 0.2) is 24.3 Å². The van der Waals surface area contributed by atoms with E-state index in [0.717, 1.165) is 6.42 Å². The highest BCUT2D eigenvalue weighted by Gasteiger charge is 2.10. The summed E-state index contributed by atoms with van der Waals surface area (Å²) in [6.45, 7) is 3.65. The van der Waals surface area contributed by atoms with Crippen molar-refractivity contribution < 1.29 is 4.79 Å². The summed E-state index contributed by atoms with van der Waals surface area (Å²) in [6.07, 6.45) is 1.64. The average Bonchev–Trinajstić information content (AvgIpc) is 2.18. The van der Waals surface area contributed by atoms with Crippen molar-refractivity contribution >= 4 is 5.78 Å². The third-order valence-corrected chi connectivity index (χ3v) is 2.46. The molecule has 0 aliphatic rings. The van der Waals surface area contributed by atoms with Crippen molar-refractivity contribution in [2.24, 2.45) is 5.73 Å². The van der Waals surface area contributed by atoms with Gasteiger partial charge in [0.05, 0.1) is 6.04 Å². The summed E-state index contributed by atoms with van der Waals surface area (Å²) in [5, 5.41) is 0. The zero-order valence-electron chi connectivity index (χ0n) is 8.79. The van der Waals surface area contributed by atoms with Gasteiger partial charge in [-0.25, -0.2) is 0 Å². The molecule has 1 aromatic rings. The van der Waals surface area contributed by atoms with Gasteiger partial charge < -0.3 is 5.73 Å². The molecule has 0 heterocycles. The van der Waals surface area contributed by atoms with Gasteiger partial charge in [0.15, 0.2) is 0 Å². The topological polar surface area (TPSA) is 43.1 Å². The molecule has 2 nitrogen and oxygen atoms in total. The van der Waals surface area contributed by atoms with Gasteiger partial charge in [0.25, 0.3) is 0 Å². The molecule has 1 atom stereocenters. The van der Waals surface area contributed by atoms with Gasteiger partial charge in [-0.05, 0) is 30.9 Å². The van der Waals surface area contributed by atoms with E-state index >= 15 is 0 Å². The van der Waals surface area contributed by atoms with Crippen LogP contribution in [0.2, 0.25) is 0 Å². The Labute approximate surface area is 85.1 Å². The molecule has 0 spiro atoms. The second-order valence-electron chi connectivity index (χ2n) is 3.54. The van der Waals surface area contributed by atoms with E-state index in [0.29, 0.717) is 6.42 Å². The maximum atomic E-state index is 11.0. The molecule has 0 saturated carbocycles. The van der Waals surface area contributed by atoms with E-state index in [9.17, 15) is 4.79 Å². The Hall–Kier alpha value is -1.15. The molecular formula is C12H17NO. The SMILES string of the molecule is CCc1ccccc1CC(N)C(C)=O. The molecule has 0 radical (unpaired) electrons. The monoisotopic (exact) mass is 191 g/mol. The Kier molecular flexibility index (Phi) is 3.84. The van der Waals surface area contributed by atoms with Crippen molar-refractivity contribution in [3.8, 4) is 0 Å². The molecule has 0 aliphatic carbocycles. The Bertz CT molecular complexity index is 320. The minimum atomic E-state index is -0.359. The maximum Gasteiger partial charge on any atom is 0.146 e. The first kappa shape index (κ1) is 10.9. The van der Waals surface area contributed by atoms with Crippen molar-refractivity contribution in [1.29, 1.82) is 0 Å². The lowest BCUT2D eigenvalue weighted by molar-refractivity contribution is -0.118. The number of rotatable bonds is 4. The third-order valence-electron chi connectivity index (χ3n) is 2.46. The first-order valence-electron chi connectivity index (χ1n) is 4.98. The summed E-state index contributed by atoms with van der Waals surface area (Å²) in [4.78, 5) is 11.0. The van der Waals surface area contributed by atoms with Crippen molar-refractivity contribution in [3.63, 3.8) is 0 Å². The minimum absolute atomic E-state index is 0.0518. The highest BCUT2D eigenvalue weighted by atomic mass is 16.1. The molecule has 0 amide bonds. The van der Waals surface area contributed by atoms with Crippen LogP contribution in [0.25, 0.3) is 0 Å². The first-order valence-corrected chi connectivity index (χ1v) is 4.98. The van der Waals surface area contributed by atoms with E-state index in [2.05, 4.69) is 13.0 Å². The fourth-order valence-corrected chi connectivity index (χ4v) is 1.48. The quantitative estimate of drug-likeness (QED) is 0.787. The van der Waals surface area contributed by atoms with Gasteiger partial charge in [0.1, 0.15) is 5.78 Å². The number of carbonyl (C=O) groups is 1. The Morgan fingerprint density at radius 2 is 1.93 bits per heavy atom. The number of benzene rings is 1. The van der Waals surface area contributed by atoms with E-state index in [4.69, 9.17) is 5.73 Å². The number of hydrogen-bond acceptors (Lipinski definition) is 2. The fourth-order valence-electron chi connectivity index (χ4n) is 1.48. The van der Waals surface area contributed by atoms with E-state index in [1.807, 2.05) is 18.2 Å². The highest BCUT2D eigenvalue weighted by molar-refractivity contribution is 5.81. The van der Waals surface area contributed by atoms with Gasteiger partial charge in [-0.3, -0.25) is 4.79 Å². The molecular weight excluding hydrogens is 174 g/mol. The Morgan fingerprint density at radius 3 is 2.43 bits per heavy atom. The molecule has 76 valence electrons. The molecule has 2 N–H and O–H groups in total. The third kappa shape index (κ3) is 2.67. The first-order chi connectivity index (χ1) is 6.65. The summed E-state index contributed by atoms with van der Waals surface area (Å²) in [5.74, 6) is 0.0518. The number of nitrogens with two attached hydrogens (primary N) is 1. The predicted molar refractivity (Wildman–Crippen MR) is 58.2 cm³/mol. The molecule has 0 aromatic heterocycles. The lowest BCUT2D eigenvalue weighted by Crippen LogP contribution is -2.30. The molecule has 0 fully saturated rings. The summed E-state index contributed by atoms with van der Waals surface area (Å²) < 4.78 is 0. The maximum absolute atomic E-state index is 11.0. The number of Topliss-reactive ketones (excluding diaryl/α,β-unsaturated/α-hetero) is 1. The number of carbonyl (C=O) groups excluding carboxylic acids is 1. The van der Waals surface area contributed by atoms with E-state index < -0.39 is 0 Å². The van der Waals surface area contributed by atoms with Crippen LogP contribution < -0.4 is 5.73 Å². The van der Waals surface area contributed by atoms with Gasteiger partial charge in [-0.1, -0.05) is 31.2 Å². The lowest BCUT2D eigenvalue weighted by atomic mass is 9.98. The zero-order chi connectivity index (χ0) is 10.6. The van der Waals surface area contributed by atoms with Crippen molar-refractivity contribution in [2.45, 2.75) is 32.7 Å². The molecule has 1 aromatic carbocycles. The van der Waals surface area contributed by atoms with E-state index in [1.54, 1.807) is 6.92 Å². The zero-order valence-corrected chi connectivity index (χ0v) is 8.79. The van der Waals surface area contributed by atoms with Crippen molar-refractivity contribution in [3.05, 3.63) is 35.4 Å². The van der Waals surface area contributed by atoms with E-state index in [1.165, 1.54) is 11.1 Å². The standard InChI is InChI=1S/C12H17NO/c1-3-10-6-4-5-7-11(10)8-12(13)9(2)14/h4-7,12H,3,8,13H2,1-2H3. The number of hydrogen-bond donors (Lipinski definition) is 1. The Morgan fingerprint density at radius 1 is 1.36 bits per heavy atom. The molecule has 0 bridgehead atoms. The summed E-state index contributed by atoms with van der Waals surface area (Å²) in [5.41, 5.74) is 8.20. The van der Waals surface area contributed by atoms with Crippen LogP contribution >= 0.6 is 0 Å². The second-order valence-corrected chi connectivity index (χ2v) is 3.54. The van der Waals surface area contributed by atoms with Crippen LogP contribution in [-0.2, 0) is 17.6 Å². The smallest absolute Gasteiger partial charge is 0.146 e. The van der Waals surface area contributed by atoms with Crippen LogP contribution in [0.5, 0.6) is 0 Å². The van der Waals surface area contributed by atoms with Crippen molar-refractivity contribution in [2.75, 3.05) is 0 Å². The number of ketones is 1. The predicted octanol–water partition coefficient (Wildman–Crippen LogP) is 1.71.